The zero-order valence-electron chi connectivity index (χ0n) is 11.0. The predicted molar refractivity (Wildman–Crippen MR) is 80.9 cm³/mol. The van der Waals surface area contributed by atoms with Crippen molar-refractivity contribution < 1.29 is 8.42 Å². The van der Waals surface area contributed by atoms with Crippen molar-refractivity contribution in [2.75, 3.05) is 0 Å². The number of thioether (sulfide) groups is 1. The van der Waals surface area contributed by atoms with Crippen LogP contribution >= 0.6 is 23.4 Å². The fourth-order valence-corrected chi connectivity index (χ4v) is 3.58. The van der Waals surface area contributed by atoms with Crippen LogP contribution in [0.2, 0.25) is 5.02 Å². The first-order chi connectivity index (χ1) is 9.81. The van der Waals surface area contributed by atoms with E-state index in [0.29, 0.717) is 23.0 Å². The molecule has 1 heterocycles. The van der Waals surface area contributed by atoms with Crippen molar-refractivity contribution in [2.45, 2.75) is 29.3 Å². The zero-order valence-corrected chi connectivity index (χ0v) is 13.4. The van der Waals surface area contributed by atoms with E-state index in [0.717, 1.165) is 0 Å². The molecule has 2 aromatic rings. The fraction of sp³-hybridized carbons (Fsp3) is 0.273. The van der Waals surface area contributed by atoms with Crippen LogP contribution in [0.3, 0.4) is 0 Å². The Morgan fingerprint density at radius 2 is 2.14 bits per heavy atom. The van der Waals surface area contributed by atoms with E-state index >= 15 is 0 Å². The van der Waals surface area contributed by atoms with Gasteiger partial charge in [-0.15, -0.1) is 5.10 Å². The molecule has 0 bridgehead atoms. The molecule has 3 N–H and O–H groups in total. The molecule has 0 radical (unpaired) electrons. The SMILES string of the molecule is CCn1c(SCc2cc(Cl)cc(S(N)(=O)=O)c2)n[nH]c1=O. The Morgan fingerprint density at radius 3 is 2.76 bits per heavy atom. The summed E-state index contributed by atoms with van der Waals surface area (Å²) in [4.78, 5) is 11.4. The summed E-state index contributed by atoms with van der Waals surface area (Å²) in [6.45, 7) is 2.33. The maximum Gasteiger partial charge on any atom is 0.343 e. The molecule has 21 heavy (non-hydrogen) atoms. The number of hydrogen-bond donors (Lipinski definition) is 2. The second kappa shape index (κ2) is 6.22. The number of hydrogen-bond acceptors (Lipinski definition) is 5. The molecule has 0 aliphatic heterocycles. The molecule has 0 unspecified atom stereocenters. The van der Waals surface area contributed by atoms with Crippen LogP contribution in [-0.2, 0) is 22.3 Å². The molecule has 0 fully saturated rings. The smallest absolute Gasteiger partial charge is 0.270 e. The fourth-order valence-electron chi connectivity index (χ4n) is 1.71. The molecule has 1 aromatic heterocycles. The number of nitrogens with zero attached hydrogens (tertiary/aromatic N) is 2. The summed E-state index contributed by atoms with van der Waals surface area (Å²) in [5.41, 5.74) is 0.394. The van der Waals surface area contributed by atoms with Gasteiger partial charge in [0.1, 0.15) is 0 Å². The van der Waals surface area contributed by atoms with E-state index in [1.54, 1.807) is 6.07 Å². The lowest BCUT2D eigenvalue weighted by Crippen LogP contribution is -2.16. The Bertz CT molecular complexity index is 813. The van der Waals surface area contributed by atoms with Gasteiger partial charge in [-0.3, -0.25) is 4.57 Å². The Labute approximate surface area is 130 Å². The van der Waals surface area contributed by atoms with Gasteiger partial charge in [-0.2, -0.15) is 0 Å². The third kappa shape index (κ3) is 3.88. The van der Waals surface area contributed by atoms with Gasteiger partial charge in [0, 0.05) is 17.3 Å². The third-order valence-corrected chi connectivity index (χ3v) is 4.83. The monoisotopic (exact) mass is 348 g/mol. The number of primary sulfonamides is 1. The minimum absolute atomic E-state index is 0.0412. The topological polar surface area (TPSA) is 111 Å². The van der Waals surface area contributed by atoms with E-state index in [-0.39, 0.29) is 15.6 Å². The van der Waals surface area contributed by atoms with Gasteiger partial charge < -0.3 is 0 Å². The number of aromatic amines is 1. The van der Waals surface area contributed by atoms with E-state index in [2.05, 4.69) is 10.2 Å². The quantitative estimate of drug-likeness (QED) is 0.788. The maximum atomic E-state index is 11.4. The normalized spacial score (nSPS) is 11.8. The van der Waals surface area contributed by atoms with E-state index < -0.39 is 10.0 Å². The maximum absolute atomic E-state index is 11.4. The van der Waals surface area contributed by atoms with Crippen molar-refractivity contribution in [1.82, 2.24) is 14.8 Å². The van der Waals surface area contributed by atoms with Gasteiger partial charge in [-0.25, -0.2) is 23.4 Å². The van der Waals surface area contributed by atoms with E-state index in [1.165, 1.54) is 28.5 Å². The number of aromatic nitrogens is 3. The van der Waals surface area contributed by atoms with Crippen molar-refractivity contribution >= 4 is 33.4 Å². The Morgan fingerprint density at radius 1 is 1.43 bits per heavy atom. The summed E-state index contributed by atoms with van der Waals surface area (Å²) < 4.78 is 24.2. The van der Waals surface area contributed by atoms with E-state index in [1.807, 2.05) is 6.92 Å². The minimum atomic E-state index is -3.81. The van der Waals surface area contributed by atoms with Gasteiger partial charge in [-0.1, -0.05) is 23.4 Å². The Hall–Kier alpha value is -1.29. The number of nitrogens with one attached hydrogen (secondary N) is 1. The second-order valence-electron chi connectivity index (χ2n) is 4.18. The number of benzene rings is 1. The van der Waals surface area contributed by atoms with Crippen LogP contribution in [0, 0.1) is 0 Å². The number of nitrogens with two attached hydrogens (primary N) is 1. The Balaban J connectivity index is 2.24. The molecule has 0 aliphatic carbocycles. The molecule has 0 spiro atoms. The van der Waals surface area contributed by atoms with Crippen LogP contribution in [0.25, 0.3) is 0 Å². The second-order valence-corrected chi connectivity index (χ2v) is 7.12. The van der Waals surface area contributed by atoms with Crippen LogP contribution < -0.4 is 10.8 Å². The van der Waals surface area contributed by atoms with Gasteiger partial charge in [0.2, 0.25) is 10.0 Å². The third-order valence-electron chi connectivity index (χ3n) is 2.67. The highest BCUT2D eigenvalue weighted by Gasteiger charge is 2.12. The standard InChI is InChI=1S/C11H13ClN4O3S2/c1-2-16-10(17)14-15-11(16)20-6-7-3-8(12)5-9(4-7)21(13,18)19/h3-5H,2,6H2,1H3,(H,14,17)(H2,13,18,19). The summed E-state index contributed by atoms with van der Waals surface area (Å²) >= 11 is 7.19. The average Bonchev–Trinajstić information content (AvgIpc) is 2.75. The molecule has 2 rings (SSSR count). The highest BCUT2D eigenvalue weighted by molar-refractivity contribution is 7.98. The highest BCUT2D eigenvalue weighted by Crippen LogP contribution is 2.24. The molecule has 0 aliphatic rings. The molecule has 0 saturated heterocycles. The average molecular weight is 349 g/mol. The van der Waals surface area contributed by atoms with Gasteiger partial charge in [0.25, 0.3) is 0 Å². The van der Waals surface area contributed by atoms with Crippen LogP contribution in [0.4, 0.5) is 0 Å². The molecule has 1 aromatic carbocycles. The van der Waals surface area contributed by atoms with Crippen LogP contribution in [0.15, 0.2) is 33.0 Å². The van der Waals surface area contributed by atoms with Gasteiger partial charge in [-0.05, 0) is 30.7 Å². The van der Waals surface area contributed by atoms with Crippen molar-refractivity contribution in [2.24, 2.45) is 5.14 Å². The highest BCUT2D eigenvalue weighted by atomic mass is 35.5. The predicted octanol–water partition coefficient (Wildman–Crippen LogP) is 1.18. The zero-order chi connectivity index (χ0) is 15.6. The lowest BCUT2D eigenvalue weighted by molar-refractivity contribution is 0.597. The molecule has 114 valence electrons. The van der Waals surface area contributed by atoms with Gasteiger partial charge >= 0.3 is 5.69 Å². The number of rotatable bonds is 5. The lowest BCUT2D eigenvalue weighted by Gasteiger charge is -2.05. The Kier molecular flexibility index (Phi) is 4.77. The largest absolute Gasteiger partial charge is 0.343 e. The van der Waals surface area contributed by atoms with Crippen LogP contribution in [0.5, 0.6) is 0 Å². The summed E-state index contributed by atoms with van der Waals surface area (Å²) in [7, 11) is -3.81. The summed E-state index contributed by atoms with van der Waals surface area (Å²) in [5, 5.41) is 12.2. The first-order valence-corrected chi connectivity index (χ1v) is 8.82. The number of halogens is 1. The summed E-state index contributed by atoms with van der Waals surface area (Å²) in [6.07, 6.45) is 0. The van der Waals surface area contributed by atoms with Crippen molar-refractivity contribution in [3.63, 3.8) is 0 Å². The minimum Gasteiger partial charge on any atom is -0.270 e. The molecule has 0 saturated carbocycles. The molecular formula is C11H13ClN4O3S2. The summed E-state index contributed by atoms with van der Waals surface area (Å²) in [6, 6.07) is 4.39. The molecular weight excluding hydrogens is 336 g/mol. The molecule has 7 nitrogen and oxygen atoms in total. The van der Waals surface area contributed by atoms with E-state index in [4.69, 9.17) is 16.7 Å². The molecule has 0 atom stereocenters. The van der Waals surface area contributed by atoms with Crippen molar-refractivity contribution in [3.8, 4) is 0 Å². The molecule has 10 heteroatoms. The van der Waals surface area contributed by atoms with Gasteiger partial charge in [0.05, 0.1) is 4.90 Å². The van der Waals surface area contributed by atoms with Crippen molar-refractivity contribution in [1.29, 1.82) is 0 Å². The lowest BCUT2D eigenvalue weighted by atomic mass is 10.2. The van der Waals surface area contributed by atoms with Gasteiger partial charge in [0.15, 0.2) is 5.16 Å². The van der Waals surface area contributed by atoms with Crippen LogP contribution in [-0.4, -0.2) is 23.2 Å². The summed E-state index contributed by atoms with van der Waals surface area (Å²) in [5.74, 6) is 0.410. The van der Waals surface area contributed by atoms with Crippen LogP contribution in [0.1, 0.15) is 12.5 Å². The van der Waals surface area contributed by atoms with E-state index in [9.17, 15) is 13.2 Å². The number of sulfonamides is 1. The first-order valence-electron chi connectivity index (χ1n) is 5.91. The molecule has 0 amide bonds. The van der Waals surface area contributed by atoms with Crippen molar-refractivity contribution in [3.05, 3.63) is 39.3 Å². The number of H-pyrrole nitrogens is 1. The first kappa shape index (κ1) is 16.1.